The van der Waals surface area contributed by atoms with Crippen molar-refractivity contribution in [2.75, 3.05) is 13.1 Å². The van der Waals surface area contributed by atoms with Gasteiger partial charge in [0.2, 0.25) is 0 Å². The number of amides is 1. The number of hydrogen-bond acceptors (Lipinski definition) is 6. The number of rotatable bonds is 6. The van der Waals surface area contributed by atoms with Crippen molar-refractivity contribution in [3.05, 3.63) is 17.5 Å². The van der Waals surface area contributed by atoms with Crippen molar-refractivity contribution < 1.29 is 17.7 Å². The van der Waals surface area contributed by atoms with Crippen LogP contribution in [0, 0.1) is 5.41 Å². The molecule has 2 bridgehead atoms. The summed E-state index contributed by atoms with van der Waals surface area (Å²) in [6.07, 6.45) is 7.06. The van der Waals surface area contributed by atoms with E-state index in [4.69, 9.17) is 4.52 Å². The molecule has 1 spiro atoms. The Morgan fingerprint density at radius 3 is 2.43 bits per heavy atom. The van der Waals surface area contributed by atoms with Gasteiger partial charge in [0, 0.05) is 49.2 Å². The summed E-state index contributed by atoms with van der Waals surface area (Å²) >= 11 is 0. The van der Waals surface area contributed by atoms with E-state index >= 15 is 0 Å². The monoisotopic (exact) mass is 435 g/mol. The van der Waals surface area contributed by atoms with Crippen molar-refractivity contribution in [3.63, 3.8) is 0 Å². The molecule has 3 aliphatic heterocycles. The quantitative estimate of drug-likeness (QED) is 0.610. The van der Waals surface area contributed by atoms with Gasteiger partial charge in [-0.1, -0.05) is 5.16 Å². The van der Waals surface area contributed by atoms with Crippen molar-refractivity contribution in [2.24, 2.45) is 5.41 Å². The lowest BCUT2D eigenvalue weighted by Gasteiger charge is -2.54. The summed E-state index contributed by atoms with van der Waals surface area (Å²) < 4.78 is 36.1. The zero-order chi connectivity index (χ0) is 20.5. The van der Waals surface area contributed by atoms with Crippen LogP contribution in [0.4, 0.5) is 0 Å². The van der Waals surface area contributed by atoms with E-state index in [2.05, 4.69) is 20.5 Å². The number of fused-ring (bicyclic) bond motifs is 2. The summed E-state index contributed by atoms with van der Waals surface area (Å²) in [5.41, 5.74) is 0.662. The van der Waals surface area contributed by atoms with Gasteiger partial charge in [-0.15, -0.1) is 0 Å². The molecule has 1 amide bonds. The lowest BCUT2D eigenvalue weighted by molar-refractivity contribution is 0.0317. The van der Waals surface area contributed by atoms with Crippen LogP contribution in [-0.2, 0) is 10.2 Å². The third kappa shape index (κ3) is 3.28. The predicted octanol–water partition coefficient (Wildman–Crippen LogP) is 0.864. The van der Waals surface area contributed by atoms with Gasteiger partial charge < -0.3 is 15.2 Å². The van der Waals surface area contributed by atoms with E-state index < -0.39 is 10.2 Å². The smallest absolute Gasteiger partial charge is 0.280 e. The minimum absolute atomic E-state index is 0.0319. The highest BCUT2D eigenvalue weighted by Crippen LogP contribution is 2.45. The van der Waals surface area contributed by atoms with Crippen molar-refractivity contribution in [2.45, 2.75) is 81.5 Å². The Labute approximate surface area is 176 Å². The normalized spacial score (nSPS) is 33.3. The first-order valence-electron chi connectivity index (χ1n) is 11.2. The van der Waals surface area contributed by atoms with E-state index in [1.807, 2.05) is 0 Å². The molecule has 3 atom stereocenters. The summed E-state index contributed by atoms with van der Waals surface area (Å²) in [4.78, 5) is 12.6. The molecule has 5 aliphatic rings. The summed E-state index contributed by atoms with van der Waals surface area (Å²) in [5, 5.41) is 10.3. The maximum Gasteiger partial charge on any atom is 0.280 e. The number of carbonyl (C=O) groups excluding carboxylic acids is 1. The number of carbonyl (C=O) groups is 1. The van der Waals surface area contributed by atoms with Gasteiger partial charge in [-0.3, -0.25) is 4.79 Å². The molecule has 6 rings (SSSR count). The van der Waals surface area contributed by atoms with Crippen LogP contribution in [0.3, 0.4) is 0 Å². The van der Waals surface area contributed by atoms with Gasteiger partial charge in [-0.25, -0.2) is 0 Å². The Morgan fingerprint density at radius 2 is 1.83 bits per heavy atom. The Hall–Kier alpha value is -1.49. The fourth-order valence-corrected chi connectivity index (χ4v) is 7.85. The second-order valence-corrected chi connectivity index (χ2v) is 11.7. The number of hydrogen-bond donors (Lipinski definition) is 3. The molecule has 3 N–H and O–H groups in total. The van der Waals surface area contributed by atoms with Gasteiger partial charge in [0.1, 0.15) is 5.76 Å². The summed E-state index contributed by atoms with van der Waals surface area (Å²) in [5.74, 6) is 0.989. The van der Waals surface area contributed by atoms with Crippen molar-refractivity contribution >= 4 is 16.1 Å². The van der Waals surface area contributed by atoms with Crippen LogP contribution in [0.25, 0.3) is 0 Å². The van der Waals surface area contributed by atoms with E-state index in [1.165, 1.54) is 0 Å². The van der Waals surface area contributed by atoms with Gasteiger partial charge in [-0.05, 0) is 56.8 Å². The highest BCUT2D eigenvalue weighted by Gasteiger charge is 2.52. The maximum absolute atomic E-state index is 13.1. The molecular weight excluding hydrogens is 406 g/mol. The number of nitrogens with one attached hydrogen (secondary N) is 3. The largest absolute Gasteiger partial charge is 0.360 e. The van der Waals surface area contributed by atoms with Crippen LogP contribution in [0.5, 0.6) is 0 Å². The zero-order valence-corrected chi connectivity index (χ0v) is 17.8. The van der Waals surface area contributed by atoms with E-state index in [9.17, 15) is 13.2 Å². The molecule has 1 aromatic rings. The van der Waals surface area contributed by atoms with Crippen molar-refractivity contribution in [3.8, 4) is 0 Å². The van der Waals surface area contributed by atoms with Crippen LogP contribution in [0.15, 0.2) is 10.6 Å². The minimum atomic E-state index is -3.49. The molecule has 0 radical (unpaired) electrons. The highest BCUT2D eigenvalue weighted by atomic mass is 32.2. The molecule has 4 heterocycles. The molecule has 3 saturated heterocycles. The average Bonchev–Trinajstić information content (AvgIpc) is 3.29. The van der Waals surface area contributed by atoms with Gasteiger partial charge >= 0.3 is 0 Å². The molecule has 2 saturated carbocycles. The number of nitrogens with zero attached hydrogens (tertiary/aromatic N) is 2. The van der Waals surface area contributed by atoms with Crippen molar-refractivity contribution in [1.82, 2.24) is 24.8 Å². The molecular formula is C20H29N5O4S. The summed E-state index contributed by atoms with van der Waals surface area (Å²) in [7, 11) is -3.49. The second kappa shape index (κ2) is 6.75. The Morgan fingerprint density at radius 1 is 1.13 bits per heavy atom. The van der Waals surface area contributed by atoms with Crippen LogP contribution in [-0.4, -0.2) is 61.0 Å². The molecule has 5 fully saturated rings. The van der Waals surface area contributed by atoms with E-state index in [-0.39, 0.29) is 30.1 Å². The molecule has 2 aliphatic carbocycles. The lowest BCUT2D eigenvalue weighted by Crippen LogP contribution is -2.66. The van der Waals surface area contributed by atoms with Crippen molar-refractivity contribution in [1.29, 1.82) is 0 Å². The van der Waals surface area contributed by atoms with Gasteiger partial charge in [0.25, 0.3) is 16.1 Å². The van der Waals surface area contributed by atoms with E-state index in [0.29, 0.717) is 29.9 Å². The third-order valence-electron chi connectivity index (χ3n) is 7.69. The first-order chi connectivity index (χ1) is 14.4. The summed E-state index contributed by atoms with van der Waals surface area (Å²) in [6, 6.07) is 1.67. The second-order valence-electron chi connectivity index (χ2n) is 10.1. The molecule has 0 aromatic carbocycles. The van der Waals surface area contributed by atoms with Crippen LogP contribution < -0.4 is 15.4 Å². The van der Waals surface area contributed by atoms with Gasteiger partial charge in [-0.2, -0.15) is 17.4 Å². The first kappa shape index (κ1) is 19.2. The fourth-order valence-electron chi connectivity index (χ4n) is 5.97. The third-order valence-corrected chi connectivity index (χ3v) is 9.48. The summed E-state index contributed by atoms with van der Waals surface area (Å²) in [6.45, 7) is 2.02. The molecule has 1 aromatic heterocycles. The molecule has 1 unspecified atom stereocenters. The zero-order valence-electron chi connectivity index (χ0n) is 17.0. The number of aromatic nitrogens is 1. The molecule has 9 nitrogen and oxygen atoms in total. The van der Waals surface area contributed by atoms with Gasteiger partial charge in [0.15, 0.2) is 5.69 Å². The fraction of sp³-hybridized carbons (Fsp3) is 0.800. The standard InChI is InChI=1S/C20H29N5O4S/c26-19(17-7-18(29-23-17)12-1-2-12)22-13-5-15-3-4-16(6-13)25(15)30(27,28)24-14-8-20(9-14)10-21-11-20/h7,12-16,21,24H,1-6,8-11H2,(H,22,26)/t13?,15-,16+. The maximum atomic E-state index is 13.1. The SMILES string of the molecule is O=C(NC1C[C@H]2CC[C@@H](C1)N2S(=O)(=O)NC1CC2(CNC2)C1)c1cc(C2CC2)on1. The first-order valence-corrected chi connectivity index (χ1v) is 12.6. The van der Waals surface area contributed by atoms with Crippen LogP contribution in [0.1, 0.15) is 73.5 Å². The lowest BCUT2D eigenvalue weighted by atomic mass is 9.62. The number of piperidine rings is 1. The molecule has 164 valence electrons. The Bertz CT molecular complexity index is 932. The van der Waals surface area contributed by atoms with Crippen LogP contribution in [0.2, 0.25) is 0 Å². The molecule has 10 heteroatoms. The minimum Gasteiger partial charge on any atom is -0.360 e. The molecule has 30 heavy (non-hydrogen) atoms. The Kier molecular flexibility index (Phi) is 4.32. The average molecular weight is 436 g/mol. The predicted molar refractivity (Wildman–Crippen MR) is 108 cm³/mol. The highest BCUT2D eigenvalue weighted by molar-refractivity contribution is 7.87. The Balaban J connectivity index is 1.07. The topological polar surface area (TPSA) is 117 Å². The van der Waals surface area contributed by atoms with E-state index in [1.54, 1.807) is 10.4 Å². The van der Waals surface area contributed by atoms with Crippen LogP contribution >= 0.6 is 0 Å². The van der Waals surface area contributed by atoms with E-state index in [0.717, 1.165) is 57.4 Å². The van der Waals surface area contributed by atoms with Gasteiger partial charge in [0.05, 0.1) is 0 Å².